The van der Waals surface area contributed by atoms with E-state index in [2.05, 4.69) is 35.8 Å². The lowest BCUT2D eigenvalue weighted by Gasteiger charge is -2.11. The zero-order valence-electron chi connectivity index (χ0n) is 12.1. The van der Waals surface area contributed by atoms with Gasteiger partial charge in [0.15, 0.2) is 0 Å². The van der Waals surface area contributed by atoms with E-state index in [4.69, 9.17) is 5.11 Å². The maximum absolute atomic E-state index is 10.6. The van der Waals surface area contributed by atoms with Gasteiger partial charge in [-0.05, 0) is 55.7 Å². The average Bonchev–Trinajstić information content (AvgIpc) is 2.71. The largest absolute Gasteiger partial charge is 0.478 e. The maximum Gasteiger partial charge on any atom is 0.328 e. The Labute approximate surface area is 119 Å². The van der Waals surface area contributed by atoms with Gasteiger partial charge in [-0.1, -0.05) is 19.1 Å². The van der Waals surface area contributed by atoms with Crippen LogP contribution in [0.3, 0.4) is 0 Å². The molecule has 0 aliphatic rings. The van der Waals surface area contributed by atoms with Gasteiger partial charge in [0.25, 0.3) is 0 Å². The molecule has 1 heterocycles. The molecule has 1 aromatic heterocycles. The quantitative estimate of drug-likeness (QED) is 0.859. The summed E-state index contributed by atoms with van der Waals surface area (Å²) in [5, 5.41) is 8.73. The van der Waals surface area contributed by atoms with Crippen molar-refractivity contribution in [1.82, 2.24) is 4.57 Å². The topological polar surface area (TPSA) is 42.2 Å². The van der Waals surface area contributed by atoms with Crippen LogP contribution >= 0.6 is 0 Å². The SMILES string of the molecule is CCc1cccc(-n2c(C)cc(/C=C/C(=O)O)c2C)c1. The highest BCUT2D eigenvalue weighted by molar-refractivity contribution is 5.85. The second-order valence-electron chi connectivity index (χ2n) is 4.86. The molecule has 0 radical (unpaired) electrons. The first kappa shape index (κ1) is 14.1. The fourth-order valence-electron chi connectivity index (χ4n) is 2.43. The second kappa shape index (κ2) is 5.78. The summed E-state index contributed by atoms with van der Waals surface area (Å²) >= 11 is 0. The van der Waals surface area contributed by atoms with Gasteiger partial charge in [-0.25, -0.2) is 4.79 Å². The molecule has 0 unspecified atom stereocenters. The van der Waals surface area contributed by atoms with Gasteiger partial charge < -0.3 is 9.67 Å². The van der Waals surface area contributed by atoms with Gasteiger partial charge in [-0.3, -0.25) is 0 Å². The minimum absolute atomic E-state index is 0.928. The standard InChI is InChI=1S/C17H19NO2/c1-4-14-6-5-7-16(11-14)18-12(2)10-15(13(18)3)8-9-17(19)20/h5-11H,4H2,1-3H3,(H,19,20)/b9-8+. The van der Waals surface area contributed by atoms with Crippen molar-refractivity contribution in [2.24, 2.45) is 0 Å². The van der Waals surface area contributed by atoms with Gasteiger partial charge in [-0.15, -0.1) is 0 Å². The van der Waals surface area contributed by atoms with Crippen molar-refractivity contribution in [3.63, 3.8) is 0 Å². The number of aryl methyl sites for hydroxylation is 2. The molecule has 0 bridgehead atoms. The molecule has 2 aromatic rings. The molecule has 104 valence electrons. The lowest BCUT2D eigenvalue weighted by Crippen LogP contribution is -1.99. The maximum atomic E-state index is 10.6. The smallest absolute Gasteiger partial charge is 0.328 e. The number of hydrogen-bond donors (Lipinski definition) is 1. The van der Waals surface area contributed by atoms with Crippen LogP contribution in [0.1, 0.15) is 29.4 Å². The molecular weight excluding hydrogens is 250 g/mol. The van der Waals surface area contributed by atoms with Crippen LogP contribution < -0.4 is 0 Å². The number of rotatable bonds is 4. The summed E-state index contributed by atoms with van der Waals surface area (Å²) in [6.07, 6.45) is 3.82. The van der Waals surface area contributed by atoms with Gasteiger partial charge in [0, 0.05) is 23.2 Å². The van der Waals surface area contributed by atoms with Gasteiger partial charge in [-0.2, -0.15) is 0 Å². The Kier molecular flexibility index (Phi) is 4.08. The third kappa shape index (κ3) is 2.82. The summed E-state index contributed by atoms with van der Waals surface area (Å²) in [4.78, 5) is 10.6. The summed E-state index contributed by atoms with van der Waals surface area (Å²) < 4.78 is 2.15. The van der Waals surface area contributed by atoms with Crippen molar-refractivity contribution in [3.8, 4) is 5.69 Å². The van der Waals surface area contributed by atoms with Crippen molar-refractivity contribution in [1.29, 1.82) is 0 Å². The van der Waals surface area contributed by atoms with Crippen LogP contribution in [0.15, 0.2) is 36.4 Å². The van der Waals surface area contributed by atoms with Gasteiger partial charge in [0.2, 0.25) is 0 Å². The van der Waals surface area contributed by atoms with E-state index in [1.165, 1.54) is 11.6 Å². The number of aromatic nitrogens is 1. The highest BCUT2D eigenvalue weighted by Crippen LogP contribution is 2.22. The third-order valence-electron chi connectivity index (χ3n) is 3.45. The van der Waals surface area contributed by atoms with E-state index < -0.39 is 5.97 Å². The lowest BCUT2D eigenvalue weighted by atomic mass is 10.1. The molecule has 0 amide bonds. The zero-order valence-corrected chi connectivity index (χ0v) is 12.1. The van der Waals surface area contributed by atoms with Gasteiger partial charge >= 0.3 is 5.97 Å². The predicted molar refractivity (Wildman–Crippen MR) is 81.3 cm³/mol. The Hall–Kier alpha value is -2.29. The van der Waals surface area contributed by atoms with Crippen molar-refractivity contribution in [2.75, 3.05) is 0 Å². The first-order valence-corrected chi connectivity index (χ1v) is 6.72. The molecule has 20 heavy (non-hydrogen) atoms. The number of carbonyl (C=O) groups is 1. The van der Waals surface area contributed by atoms with Gasteiger partial charge in [0.05, 0.1) is 0 Å². The molecule has 0 spiro atoms. The van der Waals surface area contributed by atoms with Gasteiger partial charge in [0.1, 0.15) is 0 Å². The number of carboxylic acids is 1. The number of benzene rings is 1. The van der Waals surface area contributed by atoms with Crippen LogP contribution in [0.25, 0.3) is 11.8 Å². The molecule has 0 atom stereocenters. The Balaban J connectivity index is 2.49. The fraction of sp³-hybridized carbons (Fsp3) is 0.235. The molecule has 0 saturated heterocycles. The molecular formula is C17H19NO2. The molecule has 3 nitrogen and oxygen atoms in total. The third-order valence-corrected chi connectivity index (χ3v) is 3.45. The van der Waals surface area contributed by atoms with Crippen LogP contribution in [0.2, 0.25) is 0 Å². The van der Waals surface area contributed by atoms with Crippen LogP contribution in [-0.4, -0.2) is 15.6 Å². The van der Waals surface area contributed by atoms with E-state index in [0.29, 0.717) is 0 Å². The van der Waals surface area contributed by atoms with Crippen molar-refractivity contribution in [3.05, 3.63) is 58.9 Å². The van der Waals surface area contributed by atoms with E-state index in [9.17, 15) is 4.79 Å². The molecule has 0 fully saturated rings. The van der Waals surface area contributed by atoms with Crippen molar-refractivity contribution in [2.45, 2.75) is 27.2 Å². The highest BCUT2D eigenvalue weighted by Gasteiger charge is 2.09. The Morgan fingerprint density at radius 2 is 2.05 bits per heavy atom. The summed E-state index contributed by atoms with van der Waals surface area (Å²) in [5.41, 5.74) is 5.49. The number of nitrogens with zero attached hydrogens (tertiary/aromatic N) is 1. The highest BCUT2D eigenvalue weighted by atomic mass is 16.4. The van der Waals surface area contributed by atoms with Crippen LogP contribution in [-0.2, 0) is 11.2 Å². The first-order valence-electron chi connectivity index (χ1n) is 6.72. The number of aliphatic carboxylic acids is 1. The van der Waals surface area contributed by atoms with E-state index in [1.54, 1.807) is 6.08 Å². The fourth-order valence-corrected chi connectivity index (χ4v) is 2.43. The second-order valence-corrected chi connectivity index (χ2v) is 4.86. The van der Waals surface area contributed by atoms with Crippen molar-refractivity contribution >= 4 is 12.0 Å². The van der Waals surface area contributed by atoms with Crippen LogP contribution in [0, 0.1) is 13.8 Å². The Morgan fingerprint density at radius 3 is 2.70 bits per heavy atom. The summed E-state index contributed by atoms with van der Waals surface area (Å²) in [5.74, 6) is -0.928. The molecule has 2 rings (SSSR count). The number of hydrogen-bond acceptors (Lipinski definition) is 1. The zero-order chi connectivity index (χ0) is 14.7. The summed E-state index contributed by atoms with van der Waals surface area (Å²) in [6.45, 7) is 6.17. The molecule has 0 aliphatic heterocycles. The van der Waals surface area contributed by atoms with Crippen LogP contribution in [0.4, 0.5) is 0 Å². The molecule has 1 aromatic carbocycles. The Morgan fingerprint density at radius 1 is 1.30 bits per heavy atom. The molecule has 3 heteroatoms. The average molecular weight is 269 g/mol. The molecule has 1 N–H and O–H groups in total. The van der Waals surface area contributed by atoms with E-state index in [-0.39, 0.29) is 0 Å². The normalized spacial score (nSPS) is 11.2. The predicted octanol–water partition coefficient (Wildman–Crippen LogP) is 3.75. The van der Waals surface area contributed by atoms with E-state index in [0.717, 1.165) is 29.1 Å². The summed E-state index contributed by atoms with van der Waals surface area (Å²) in [7, 11) is 0. The minimum Gasteiger partial charge on any atom is -0.478 e. The monoisotopic (exact) mass is 269 g/mol. The Bertz CT molecular complexity index is 666. The summed E-state index contributed by atoms with van der Waals surface area (Å²) in [6, 6.07) is 10.4. The molecule has 0 aliphatic carbocycles. The number of carboxylic acid groups (broad SMARTS) is 1. The minimum atomic E-state index is -0.928. The van der Waals surface area contributed by atoms with Crippen molar-refractivity contribution < 1.29 is 9.90 Å². The first-order chi connectivity index (χ1) is 9.52. The van der Waals surface area contributed by atoms with Crippen LogP contribution in [0.5, 0.6) is 0 Å². The van der Waals surface area contributed by atoms with E-state index >= 15 is 0 Å². The van der Waals surface area contributed by atoms with E-state index in [1.807, 2.05) is 19.9 Å². The lowest BCUT2D eigenvalue weighted by molar-refractivity contribution is -0.131. The molecule has 0 saturated carbocycles.